The third-order valence-electron chi connectivity index (χ3n) is 13.1. The van der Waals surface area contributed by atoms with Crippen molar-refractivity contribution in [3.8, 4) is 0 Å². The van der Waals surface area contributed by atoms with Crippen molar-refractivity contribution in [2.45, 2.75) is 116 Å². The fourth-order valence-corrected chi connectivity index (χ4v) is 12.2. The van der Waals surface area contributed by atoms with Crippen molar-refractivity contribution in [1.82, 2.24) is 10.6 Å². The second-order valence-electron chi connectivity index (χ2n) is 15.0. The van der Waals surface area contributed by atoms with E-state index in [9.17, 15) is 9.59 Å². The Morgan fingerprint density at radius 1 is 0.882 bits per heavy atom. The molecule has 8 atom stereocenters. The Labute approximate surface area is 206 Å². The molecule has 7 aliphatic carbocycles. The molecule has 1 saturated heterocycles. The number of hydrogen-bond donors (Lipinski definition) is 2. The van der Waals surface area contributed by atoms with Crippen LogP contribution in [-0.4, -0.2) is 23.4 Å². The largest absolute Gasteiger partial charge is 0.353 e. The summed E-state index contributed by atoms with van der Waals surface area (Å²) in [6.07, 6.45) is 15.8. The number of nitrogens with one attached hydrogen (secondary N) is 2. The molecule has 2 amide bonds. The van der Waals surface area contributed by atoms with Gasteiger partial charge in [-0.1, -0.05) is 20.8 Å². The summed E-state index contributed by atoms with van der Waals surface area (Å²) in [6, 6.07) is 0.369. The van der Waals surface area contributed by atoms with Gasteiger partial charge in [0.1, 0.15) is 0 Å². The SMILES string of the molecule is CC1C[C@H]2[C@@H]3CC[C@H]4NC(=O)CC[C@]4(C)[C@H]3CC[C@]2(C)[C@H]1C(=O)NC12CC3CC(CC(C3)C1)C2. The van der Waals surface area contributed by atoms with E-state index in [1.807, 2.05) is 0 Å². The minimum Gasteiger partial charge on any atom is -0.353 e. The molecular formula is C30H46N2O2. The lowest BCUT2D eigenvalue weighted by Gasteiger charge is -2.60. The molecule has 188 valence electrons. The third-order valence-corrected chi connectivity index (χ3v) is 13.1. The molecule has 1 aliphatic heterocycles. The van der Waals surface area contributed by atoms with Gasteiger partial charge in [-0.15, -0.1) is 0 Å². The fourth-order valence-electron chi connectivity index (χ4n) is 12.2. The van der Waals surface area contributed by atoms with E-state index in [0.717, 1.165) is 36.5 Å². The molecule has 4 bridgehead atoms. The van der Waals surface area contributed by atoms with Gasteiger partial charge >= 0.3 is 0 Å². The predicted octanol–water partition coefficient (Wildman–Crippen LogP) is 5.45. The Bertz CT molecular complexity index is 863. The van der Waals surface area contributed by atoms with Crippen LogP contribution < -0.4 is 10.6 Å². The van der Waals surface area contributed by atoms with Crippen molar-refractivity contribution < 1.29 is 9.59 Å². The lowest BCUT2D eigenvalue weighted by Crippen LogP contribution is -2.63. The summed E-state index contributed by atoms with van der Waals surface area (Å²) in [7, 11) is 0. The van der Waals surface area contributed by atoms with Gasteiger partial charge in [-0.3, -0.25) is 9.59 Å². The second-order valence-corrected chi connectivity index (χ2v) is 15.0. The molecule has 0 aromatic heterocycles. The lowest BCUT2D eigenvalue weighted by atomic mass is 9.47. The van der Waals surface area contributed by atoms with Crippen LogP contribution >= 0.6 is 0 Å². The van der Waals surface area contributed by atoms with Crippen LogP contribution in [0.4, 0.5) is 0 Å². The highest BCUT2D eigenvalue weighted by Crippen LogP contribution is 2.67. The van der Waals surface area contributed by atoms with E-state index in [0.29, 0.717) is 36.1 Å². The molecule has 0 spiro atoms. The molecule has 4 nitrogen and oxygen atoms in total. The molecule has 4 heteroatoms. The van der Waals surface area contributed by atoms with Gasteiger partial charge in [0.25, 0.3) is 0 Å². The molecule has 0 radical (unpaired) electrons. The van der Waals surface area contributed by atoms with E-state index in [2.05, 4.69) is 31.4 Å². The first kappa shape index (κ1) is 22.2. The van der Waals surface area contributed by atoms with Gasteiger partial charge in [0.15, 0.2) is 0 Å². The maximum atomic E-state index is 14.1. The summed E-state index contributed by atoms with van der Waals surface area (Å²) in [5.74, 6) is 6.08. The molecule has 0 aromatic carbocycles. The number of hydrogen-bond acceptors (Lipinski definition) is 2. The fraction of sp³-hybridized carbons (Fsp3) is 0.933. The Balaban J connectivity index is 1.12. The van der Waals surface area contributed by atoms with E-state index in [1.54, 1.807) is 0 Å². The van der Waals surface area contributed by atoms with Crippen molar-refractivity contribution in [1.29, 1.82) is 0 Å². The van der Waals surface area contributed by atoms with Gasteiger partial charge in [-0.25, -0.2) is 0 Å². The summed E-state index contributed by atoms with van der Waals surface area (Å²) in [5.41, 5.74) is 0.526. The van der Waals surface area contributed by atoms with E-state index in [-0.39, 0.29) is 28.2 Å². The molecular weight excluding hydrogens is 420 g/mol. The zero-order valence-corrected chi connectivity index (χ0v) is 21.7. The first-order valence-electron chi connectivity index (χ1n) is 14.8. The van der Waals surface area contributed by atoms with Crippen molar-refractivity contribution in [2.24, 2.45) is 58.2 Å². The maximum Gasteiger partial charge on any atom is 0.224 e. The topological polar surface area (TPSA) is 58.2 Å². The Morgan fingerprint density at radius 3 is 2.24 bits per heavy atom. The maximum absolute atomic E-state index is 14.1. The highest BCUT2D eigenvalue weighted by atomic mass is 16.2. The summed E-state index contributed by atoms with van der Waals surface area (Å²) in [6.45, 7) is 7.36. The van der Waals surface area contributed by atoms with Crippen LogP contribution in [0.3, 0.4) is 0 Å². The number of rotatable bonds is 2. The summed E-state index contributed by atoms with van der Waals surface area (Å²) in [4.78, 5) is 26.2. The lowest BCUT2D eigenvalue weighted by molar-refractivity contribution is -0.145. The Kier molecular flexibility index (Phi) is 4.73. The Morgan fingerprint density at radius 2 is 1.56 bits per heavy atom. The molecule has 34 heavy (non-hydrogen) atoms. The van der Waals surface area contributed by atoms with Crippen LogP contribution in [-0.2, 0) is 9.59 Å². The van der Waals surface area contributed by atoms with Gasteiger partial charge in [0.2, 0.25) is 11.8 Å². The standard InChI is InChI=1S/C30H46N2O2/c1-17-10-23-21-4-5-24-28(2,9-7-25(33)31-24)22(21)6-8-29(23,3)26(17)27(34)32-30-14-18-11-19(15-30)13-20(12-18)16-30/h17-24,26H,4-16H2,1-3H3,(H,31,33)(H,32,34)/t17?,18?,19?,20?,21-,22+,23+,24-,26-,28-,29+,30?/m1/s1. The van der Waals surface area contributed by atoms with Crippen molar-refractivity contribution in [3.63, 3.8) is 0 Å². The molecule has 2 N–H and O–H groups in total. The minimum absolute atomic E-state index is 0.128. The molecule has 8 aliphatic rings. The van der Waals surface area contributed by atoms with Crippen LogP contribution in [0, 0.1) is 58.2 Å². The molecule has 8 rings (SSSR count). The number of piperidine rings is 1. The molecule has 8 fully saturated rings. The first-order chi connectivity index (χ1) is 16.2. The van der Waals surface area contributed by atoms with E-state index < -0.39 is 0 Å². The highest BCUT2D eigenvalue weighted by Gasteiger charge is 2.63. The number of fused-ring (bicyclic) bond motifs is 5. The van der Waals surface area contributed by atoms with E-state index in [4.69, 9.17) is 0 Å². The minimum atomic E-state index is 0.128. The van der Waals surface area contributed by atoms with Gasteiger partial charge in [-0.05, 0) is 129 Å². The van der Waals surface area contributed by atoms with E-state index >= 15 is 0 Å². The van der Waals surface area contributed by atoms with Crippen LogP contribution in [0.15, 0.2) is 0 Å². The normalized spacial score (nSPS) is 57.4. The number of carbonyl (C=O) groups excluding carboxylic acids is 2. The molecule has 7 saturated carbocycles. The van der Waals surface area contributed by atoms with Gasteiger partial charge in [-0.2, -0.15) is 0 Å². The molecule has 1 heterocycles. The number of amides is 2. The zero-order chi connectivity index (χ0) is 23.5. The van der Waals surface area contributed by atoms with Gasteiger partial charge < -0.3 is 10.6 Å². The first-order valence-corrected chi connectivity index (χ1v) is 14.8. The second kappa shape index (κ2) is 7.25. The molecule has 1 unspecified atom stereocenters. The smallest absolute Gasteiger partial charge is 0.224 e. The summed E-state index contributed by atoms with van der Waals surface area (Å²) < 4.78 is 0. The van der Waals surface area contributed by atoms with Crippen LogP contribution in [0.25, 0.3) is 0 Å². The van der Waals surface area contributed by atoms with E-state index in [1.165, 1.54) is 64.2 Å². The van der Waals surface area contributed by atoms with Crippen LogP contribution in [0.1, 0.15) is 104 Å². The van der Waals surface area contributed by atoms with Crippen molar-refractivity contribution in [3.05, 3.63) is 0 Å². The average Bonchev–Trinajstić information content (AvgIpc) is 3.03. The monoisotopic (exact) mass is 466 g/mol. The van der Waals surface area contributed by atoms with Gasteiger partial charge in [0.05, 0.1) is 0 Å². The van der Waals surface area contributed by atoms with Crippen molar-refractivity contribution in [2.75, 3.05) is 0 Å². The quantitative estimate of drug-likeness (QED) is 0.568. The van der Waals surface area contributed by atoms with Crippen LogP contribution in [0.5, 0.6) is 0 Å². The zero-order valence-electron chi connectivity index (χ0n) is 21.7. The van der Waals surface area contributed by atoms with Crippen LogP contribution in [0.2, 0.25) is 0 Å². The van der Waals surface area contributed by atoms with Gasteiger partial charge in [0, 0.05) is 23.9 Å². The Hall–Kier alpha value is -1.06. The van der Waals surface area contributed by atoms with Crippen molar-refractivity contribution >= 4 is 11.8 Å². The summed E-state index contributed by atoms with van der Waals surface area (Å²) >= 11 is 0. The molecule has 0 aromatic rings. The highest BCUT2D eigenvalue weighted by molar-refractivity contribution is 5.81. The predicted molar refractivity (Wildman–Crippen MR) is 133 cm³/mol. The number of carbonyl (C=O) groups is 2. The average molecular weight is 467 g/mol. The summed E-state index contributed by atoms with van der Waals surface area (Å²) in [5, 5.41) is 7.16. The third kappa shape index (κ3) is 3.01.